The largest absolute Gasteiger partial charge is 0.469 e. The van der Waals surface area contributed by atoms with Crippen molar-refractivity contribution in [3.8, 4) is 0 Å². The second kappa shape index (κ2) is 11.9. The van der Waals surface area contributed by atoms with Gasteiger partial charge in [-0.25, -0.2) is 13.1 Å². The van der Waals surface area contributed by atoms with Crippen molar-refractivity contribution < 1.29 is 37.0 Å². The fourth-order valence-corrected chi connectivity index (χ4v) is 3.69. The second-order valence-electron chi connectivity index (χ2n) is 6.74. The Labute approximate surface area is 171 Å². The molecule has 0 aliphatic carbocycles. The highest BCUT2D eigenvalue weighted by Gasteiger charge is 2.32. The molecule has 0 bridgehead atoms. The lowest BCUT2D eigenvalue weighted by Gasteiger charge is -2.30. The number of carbonyl (C=O) groups is 2. The second-order valence-corrected chi connectivity index (χ2v) is 8.42. The van der Waals surface area contributed by atoms with E-state index in [0.29, 0.717) is 0 Å². The van der Waals surface area contributed by atoms with Crippen LogP contribution >= 0.6 is 0 Å². The summed E-state index contributed by atoms with van der Waals surface area (Å²) in [5.41, 5.74) is -0.195. The number of sulfonamides is 1. The van der Waals surface area contributed by atoms with Crippen LogP contribution in [0.15, 0.2) is 29.2 Å². The number of methoxy groups -OCH3 is 2. The van der Waals surface area contributed by atoms with Crippen LogP contribution in [0.25, 0.3) is 0 Å². The molecule has 0 unspecified atom stereocenters. The number of carbonyl (C=O) groups excluding carboxylic acids is 2. The van der Waals surface area contributed by atoms with Crippen LogP contribution in [0.5, 0.6) is 0 Å². The van der Waals surface area contributed by atoms with E-state index in [9.17, 15) is 18.0 Å². The molecule has 0 atom stereocenters. The van der Waals surface area contributed by atoms with Crippen molar-refractivity contribution in [1.29, 1.82) is 0 Å². The van der Waals surface area contributed by atoms with Crippen LogP contribution in [0.4, 0.5) is 0 Å². The maximum absolute atomic E-state index is 12.8. The number of hydrogen-bond acceptors (Lipinski definition) is 8. The van der Waals surface area contributed by atoms with E-state index in [2.05, 4.69) is 14.2 Å². The molecule has 29 heavy (non-hydrogen) atoms. The summed E-state index contributed by atoms with van der Waals surface area (Å²) in [6.07, 6.45) is 0.0843. The van der Waals surface area contributed by atoms with Crippen LogP contribution in [0, 0.1) is 6.92 Å². The van der Waals surface area contributed by atoms with Gasteiger partial charge in [-0.15, -0.1) is 0 Å². The molecule has 0 saturated carbocycles. The van der Waals surface area contributed by atoms with Crippen molar-refractivity contribution in [3.05, 3.63) is 29.8 Å². The SMILES string of the molecule is COC(=O)CCOCC(C)(COCCC(=O)OC)NS(=O)(=O)c1ccc(C)cc1. The van der Waals surface area contributed by atoms with Crippen LogP contribution in [-0.2, 0) is 38.6 Å². The predicted molar refractivity (Wildman–Crippen MR) is 105 cm³/mol. The fourth-order valence-electron chi connectivity index (χ4n) is 2.31. The number of aryl methyl sites for hydroxylation is 1. The van der Waals surface area contributed by atoms with E-state index in [1.54, 1.807) is 19.1 Å². The Hall–Kier alpha value is -2.01. The first-order chi connectivity index (χ1) is 13.6. The molecule has 10 heteroatoms. The molecule has 1 rings (SSSR count). The van der Waals surface area contributed by atoms with E-state index >= 15 is 0 Å². The number of nitrogens with one attached hydrogen (secondary N) is 1. The molecule has 0 aliphatic rings. The molecule has 1 aromatic carbocycles. The average molecular weight is 432 g/mol. The number of benzene rings is 1. The first kappa shape index (κ1) is 25.0. The van der Waals surface area contributed by atoms with Gasteiger partial charge in [-0.3, -0.25) is 9.59 Å². The highest BCUT2D eigenvalue weighted by molar-refractivity contribution is 7.89. The Kier molecular flexibility index (Phi) is 10.2. The number of rotatable bonds is 13. The lowest BCUT2D eigenvalue weighted by Crippen LogP contribution is -2.53. The predicted octanol–water partition coefficient (Wildman–Crippen LogP) is 1.19. The summed E-state index contributed by atoms with van der Waals surface area (Å²) in [6, 6.07) is 6.42. The third-order valence-corrected chi connectivity index (χ3v) is 5.56. The molecule has 164 valence electrons. The molecule has 0 amide bonds. The molecule has 0 saturated heterocycles. The van der Waals surface area contributed by atoms with Gasteiger partial charge in [0.15, 0.2) is 0 Å². The Bertz CT molecular complexity index is 737. The number of hydrogen-bond donors (Lipinski definition) is 1. The minimum atomic E-state index is -3.84. The zero-order valence-corrected chi connectivity index (χ0v) is 18.0. The van der Waals surface area contributed by atoms with Gasteiger partial charge in [-0.1, -0.05) is 17.7 Å². The summed E-state index contributed by atoms with van der Waals surface area (Å²) in [7, 11) is -1.29. The molecule has 9 nitrogen and oxygen atoms in total. The van der Waals surface area contributed by atoms with Crippen molar-refractivity contribution in [3.63, 3.8) is 0 Å². The van der Waals surface area contributed by atoms with Gasteiger partial charge >= 0.3 is 11.9 Å². The van der Waals surface area contributed by atoms with E-state index in [0.717, 1.165) is 5.56 Å². The van der Waals surface area contributed by atoms with Crippen molar-refractivity contribution in [2.24, 2.45) is 0 Å². The molecule has 0 heterocycles. The van der Waals surface area contributed by atoms with E-state index < -0.39 is 27.5 Å². The molecular formula is C19H29NO8S. The molecule has 0 fully saturated rings. The van der Waals surface area contributed by atoms with Crippen molar-refractivity contribution in [2.45, 2.75) is 37.1 Å². The first-order valence-corrected chi connectivity index (χ1v) is 10.5. The minimum Gasteiger partial charge on any atom is -0.469 e. The molecule has 0 aliphatic heterocycles. The van der Waals surface area contributed by atoms with Gasteiger partial charge in [0.05, 0.1) is 63.9 Å². The standard InChI is InChI=1S/C19H29NO8S/c1-15-5-7-16(8-6-15)29(23,24)20-19(2,13-27-11-9-17(21)25-3)14-28-12-10-18(22)26-4/h5-8,20H,9-14H2,1-4H3. The van der Waals surface area contributed by atoms with E-state index in [1.165, 1.54) is 26.4 Å². The molecule has 1 N–H and O–H groups in total. The third kappa shape index (κ3) is 9.35. The van der Waals surface area contributed by atoms with Crippen LogP contribution in [0.2, 0.25) is 0 Å². The lowest BCUT2D eigenvalue weighted by molar-refractivity contribution is -0.142. The maximum atomic E-state index is 12.8. The quantitative estimate of drug-likeness (QED) is 0.366. The average Bonchev–Trinajstić information content (AvgIpc) is 2.68. The summed E-state index contributed by atoms with van der Waals surface area (Å²) in [6.45, 7) is 3.52. The number of esters is 2. The van der Waals surface area contributed by atoms with Crippen molar-refractivity contribution in [1.82, 2.24) is 4.72 Å². The zero-order chi connectivity index (χ0) is 21.9. The summed E-state index contributed by atoms with van der Waals surface area (Å²) < 4.78 is 48.2. The molecule has 0 spiro atoms. The zero-order valence-electron chi connectivity index (χ0n) is 17.2. The van der Waals surface area contributed by atoms with Gasteiger partial charge < -0.3 is 18.9 Å². The van der Waals surface area contributed by atoms with Gasteiger partial charge in [0.1, 0.15) is 0 Å². The molecular weight excluding hydrogens is 402 g/mol. The van der Waals surface area contributed by atoms with Crippen molar-refractivity contribution >= 4 is 22.0 Å². The lowest BCUT2D eigenvalue weighted by atomic mass is 10.1. The minimum absolute atomic E-state index is 0.0422. The Morgan fingerprint density at radius 2 is 1.38 bits per heavy atom. The normalized spacial score (nSPS) is 11.9. The smallest absolute Gasteiger partial charge is 0.307 e. The highest BCUT2D eigenvalue weighted by Crippen LogP contribution is 2.16. The molecule has 0 radical (unpaired) electrons. The van der Waals surface area contributed by atoms with E-state index in [-0.39, 0.29) is 44.2 Å². The first-order valence-electron chi connectivity index (χ1n) is 9.01. The van der Waals surface area contributed by atoms with Gasteiger partial charge in [0.25, 0.3) is 0 Å². The Morgan fingerprint density at radius 3 is 1.79 bits per heavy atom. The Balaban J connectivity index is 2.80. The van der Waals surface area contributed by atoms with Gasteiger partial charge in [-0.2, -0.15) is 0 Å². The Morgan fingerprint density at radius 1 is 0.931 bits per heavy atom. The summed E-state index contributed by atoms with van der Waals surface area (Å²) >= 11 is 0. The summed E-state index contributed by atoms with van der Waals surface area (Å²) in [4.78, 5) is 22.5. The van der Waals surface area contributed by atoms with Gasteiger partial charge in [0.2, 0.25) is 10.0 Å². The van der Waals surface area contributed by atoms with E-state index in [4.69, 9.17) is 9.47 Å². The van der Waals surface area contributed by atoms with Crippen LogP contribution in [0.1, 0.15) is 25.3 Å². The number of ether oxygens (including phenoxy) is 4. The summed E-state index contributed by atoms with van der Waals surface area (Å²) in [5.74, 6) is -0.859. The van der Waals surface area contributed by atoms with Crippen LogP contribution in [0.3, 0.4) is 0 Å². The van der Waals surface area contributed by atoms with Crippen LogP contribution < -0.4 is 4.72 Å². The third-order valence-electron chi connectivity index (χ3n) is 3.91. The van der Waals surface area contributed by atoms with E-state index in [1.807, 2.05) is 6.92 Å². The molecule has 1 aromatic rings. The molecule has 0 aromatic heterocycles. The topological polar surface area (TPSA) is 117 Å². The monoisotopic (exact) mass is 431 g/mol. The summed E-state index contributed by atoms with van der Waals surface area (Å²) in [5, 5.41) is 0. The van der Waals surface area contributed by atoms with Gasteiger partial charge in [0, 0.05) is 0 Å². The van der Waals surface area contributed by atoms with Gasteiger partial charge in [-0.05, 0) is 26.0 Å². The fraction of sp³-hybridized carbons (Fsp3) is 0.579. The highest BCUT2D eigenvalue weighted by atomic mass is 32.2. The van der Waals surface area contributed by atoms with Crippen LogP contribution in [-0.4, -0.2) is 66.5 Å². The maximum Gasteiger partial charge on any atom is 0.307 e. The van der Waals surface area contributed by atoms with Crippen molar-refractivity contribution in [2.75, 3.05) is 40.6 Å².